The molecule has 0 saturated heterocycles. The van der Waals surface area contributed by atoms with Crippen molar-refractivity contribution >= 4 is 17.8 Å². The lowest BCUT2D eigenvalue weighted by Crippen LogP contribution is -2.42. The Kier molecular flexibility index (Phi) is 6.38. The van der Waals surface area contributed by atoms with E-state index in [4.69, 9.17) is 10.2 Å². The molecule has 0 saturated carbocycles. The van der Waals surface area contributed by atoms with Crippen molar-refractivity contribution in [2.45, 2.75) is 44.7 Å². The number of aliphatic carboxylic acids is 2. The second kappa shape index (κ2) is 8.03. The molecule has 0 aliphatic carbocycles. The molecule has 1 amide bonds. The summed E-state index contributed by atoms with van der Waals surface area (Å²) in [6.07, 6.45) is 5.95. The first-order chi connectivity index (χ1) is 9.93. The molecule has 8 nitrogen and oxygen atoms in total. The highest BCUT2D eigenvalue weighted by Crippen LogP contribution is 2.17. The Morgan fingerprint density at radius 3 is 2.48 bits per heavy atom. The largest absolute Gasteiger partial charge is 0.481 e. The minimum atomic E-state index is -1.42. The number of carbonyl (C=O) groups excluding carboxylic acids is 1. The number of nitrogens with zero attached hydrogens (tertiary/aromatic N) is 2. The van der Waals surface area contributed by atoms with E-state index < -0.39 is 30.3 Å². The van der Waals surface area contributed by atoms with E-state index in [1.165, 1.54) is 0 Å². The number of carboxylic acid groups (broad SMARTS) is 2. The van der Waals surface area contributed by atoms with Crippen LogP contribution in [0.5, 0.6) is 0 Å². The van der Waals surface area contributed by atoms with Crippen molar-refractivity contribution < 1.29 is 24.6 Å². The van der Waals surface area contributed by atoms with E-state index in [9.17, 15) is 14.4 Å². The molecule has 8 heteroatoms. The van der Waals surface area contributed by atoms with Gasteiger partial charge >= 0.3 is 11.9 Å². The molecule has 2 unspecified atom stereocenters. The molecular formula is C13H19N3O5. The molecule has 0 aliphatic rings. The van der Waals surface area contributed by atoms with E-state index in [0.29, 0.717) is 0 Å². The molecule has 1 heterocycles. The average Bonchev–Trinajstić information content (AvgIpc) is 2.90. The maximum Gasteiger partial charge on any atom is 0.326 e. The second-order valence-corrected chi connectivity index (χ2v) is 4.71. The van der Waals surface area contributed by atoms with Crippen LogP contribution in [0.4, 0.5) is 0 Å². The molecule has 1 aromatic rings. The number of hydrogen-bond acceptors (Lipinski definition) is 4. The lowest BCUT2D eigenvalue weighted by molar-refractivity contribution is -0.147. The van der Waals surface area contributed by atoms with E-state index in [1.54, 1.807) is 23.3 Å². The monoisotopic (exact) mass is 297 g/mol. The smallest absolute Gasteiger partial charge is 0.326 e. The second-order valence-electron chi connectivity index (χ2n) is 4.71. The third-order valence-corrected chi connectivity index (χ3v) is 3.00. The average molecular weight is 297 g/mol. The third-order valence-electron chi connectivity index (χ3n) is 3.00. The predicted molar refractivity (Wildman–Crippen MR) is 72.6 cm³/mol. The lowest BCUT2D eigenvalue weighted by Gasteiger charge is -2.19. The maximum atomic E-state index is 11.9. The van der Waals surface area contributed by atoms with Gasteiger partial charge in [0, 0.05) is 24.9 Å². The molecule has 2 atom stereocenters. The zero-order chi connectivity index (χ0) is 15.8. The van der Waals surface area contributed by atoms with Crippen molar-refractivity contribution in [3.63, 3.8) is 0 Å². The minimum Gasteiger partial charge on any atom is -0.481 e. The van der Waals surface area contributed by atoms with E-state index in [-0.39, 0.29) is 12.5 Å². The minimum absolute atomic E-state index is 0.0770. The van der Waals surface area contributed by atoms with Crippen LogP contribution < -0.4 is 5.32 Å². The van der Waals surface area contributed by atoms with Crippen molar-refractivity contribution in [3.8, 4) is 0 Å². The molecule has 0 radical (unpaired) electrons. The zero-order valence-corrected chi connectivity index (χ0v) is 11.7. The van der Waals surface area contributed by atoms with Crippen molar-refractivity contribution in [1.29, 1.82) is 0 Å². The first-order valence-electron chi connectivity index (χ1n) is 6.65. The summed E-state index contributed by atoms with van der Waals surface area (Å²) >= 11 is 0. The Hall–Kier alpha value is -2.38. The van der Waals surface area contributed by atoms with Gasteiger partial charge in [-0.15, -0.1) is 0 Å². The summed E-state index contributed by atoms with van der Waals surface area (Å²) in [6, 6.07) is -1.54. The fraction of sp³-hybridized carbons (Fsp3) is 0.538. The quantitative estimate of drug-likeness (QED) is 0.615. The number of carboxylic acids is 2. The number of carbonyl (C=O) groups is 3. The fourth-order valence-electron chi connectivity index (χ4n) is 2.02. The van der Waals surface area contributed by atoms with E-state index in [0.717, 1.165) is 12.8 Å². The predicted octanol–water partition coefficient (Wildman–Crippen LogP) is 0.658. The SMILES string of the molecule is CCCC(CC(=O)NC(CC(=O)O)C(=O)O)n1ccnc1. The highest BCUT2D eigenvalue weighted by Gasteiger charge is 2.24. The summed E-state index contributed by atoms with van der Waals surface area (Å²) in [5.74, 6) is -3.13. The Bertz CT molecular complexity index is 486. The normalized spacial score (nSPS) is 13.4. The zero-order valence-electron chi connectivity index (χ0n) is 11.7. The van der Waals surface area contributed by atoms with Gasteiger partial charge in [0.25, 0.3) is 0 Å². The Labute approximate surface area is 121 Å². The number of imidazole rings is 1. The first kappa shape index (κ1) is 16.7. The maximum absolute atomic E-state index is 11.9. The molecular weight excluding hydrogens is 278 g/mol. The standard InChI is InChI=1S/C13H19N3O5/c1-2-3-9(16-5-4-14-8-16)6-11(17)15-10(13(20)21)7-12(18)19/h4-5,8-10H,2-3,6-7H2,1H3,(H,15,17)(H,18,19)(H,20,21). The summed E-state index contributed by atoms with van der Waals surface area (Å²) < 4.78 is 1.79. The Balaban J connectivity index is 2.64. The van der Waals surface area contributed by atoms with Crippen LogP contribution in [0.25, 0.3) is 0 Å². The van der Waals surface area contributed by atoms with Gasteiger partial charge in [0.1, 0.15) is 6.04 Å². The Morgan fingerprint density at radius 2 is 2.00 bits per heavy atom. The fourth-order valence-corrected chi connectivity index (χ4v) is 2.02. The van der Waals surface area contributed by atoms with Gasteiger partial charge < -0.3 is 20.1 Å². The summed E-state index contributed by atoms with van der Waals surface area (Å²) in [6.45, 7) is 1.98. The number of rotatable bonds is 9. The summed E-state index contributed by atoms with van der Waals surface area (Å²) in [5.41, 5.74) is 0. The van der Waals surface area contributed by atoms with Gasteiger partial charge in [0.05, 0.1) is 12.7 Å². The molecule has 0 spiro atoms. The number of aromatic nitrogens is 2. The van der Waals surface area contributed by atoms with Gasteiger partial charge in [-0.25, -0.2) is 9.78 Å². The van der Waals surface area contributed by atoms with Crippen LogP contribution in [0.15, 0.2) is 18.7 Å². The molecule has 116 valence electrons. The number of hydrogen-bond donors (Lipinski definition) is 3. The number of nitrogens with one attached hydrogen (secondary N) is 1. The highest BCUT2D eigenvalue weighted by atomic mass is 16.4. The summed E-state index contributed by atoms with van der Waals surface area (Å²) in [4.78, 5) is 37.3. The van der Waals surface area contributed by atoms with Crippen LogP contribution >= 0.6 is 0 Å². The lowest BCUT2D eigenvalue weighted by atomic mass is 10.1. The topological polar surface area (TPSA) is 122 Å². The van der Waals surface area contributed by atoms with Gasteiger partial charge in [0.15, 0.2) is 0 Å². The van der Waals surface area contributed by atoms with Crippen LogP contribution in [0.1, 0.15) is 38.6 Å². The molecule has 0 bridgehead atoms. The molecule has 3 N–H and O–H groups in total. The van der Waals surface area contributed by atoms with E-state index in [1.807, 2.05) is 6.92 Å². The van der Waals surface area contributed by atoms with Crippen LogP contribution in [0.2, 0.25) is 0 Å². The molecule has 0 aliphatic heterocycles. The van der Waals surface area contributed by atoms with Gasteiger partial charge in [0.2, 0.25) is 5.91 Å². The summed E-state index contributed by atoms with van der Waals surface area (Å²) in [5, 5.41) is 19.8. The summed E-state index contributed by atoms with van der Waals surface area (Å²) in [7, 11) is 0. The third kappa shape index (κ3) is 5.64. The van der Waals surface area contributed by atoms with Gasteiger partial charge in [-0.05, 0) is 6.42 Å². The van der Waals surface area contributed by atoms with Crippen LogP contribution in [0, 0.1) is 0 Å². The molecule has 0 fully saturated rings. The van der Waals surface area contributed by atoms with Crippen molar-refractivity contribution in [2.75, 3.05) is 0 Å². The number of amides is 1. The van der Waals surface area contributed by atoms with E-state index >= 15 is 0 Å². The van der Waals surface area contributed by atoms with Crippen molar-refractivity contribution in [3.05, 3.63) is 18.7 Å². The molecule has 1 rings (SSSR count). The molecule has 1 aromatic heterocycles. The molecule has 0 aromatic carbocycles. The van der Waals surface area contributed by atoms with Crippen LogP contribution in [-0.2, 0) is 14.4 Å². The molecule has 21 heavy (non-hydrogen) atoms. The van der Waals surface area contributed by atoms with Gasteiger partial charge in [-0.2, -0.15) is 0 Å². The van der Waals surface area contributed by atoms with Crippen LogP contribution in [-0.4, -0.2) is 43.7 Å². The highest BCUT2D eigenvalue weighted by molar-refractivity contribution is 5.86. The Morgan fingerprint density at radius 1 is 1.29 bits per heavy atom. The van der Waals surface area contributed by atoms with Crippen molar-refractivity contribution in [2.24, 2.45) is 0 Å². The van der Waals surface area contributed by atoms with Crippen LogP contribution in [0.3, 0.4) is 0 Å². The first-order valence-corrected chi connectivity index (χ1v) is 6.65. The van der Waals surface area contributed by atoms with Gasteiger partial charge in [-0.1, -0.05) is 13.3 Å². The van der Waals surface area contributed by atoms with E-state index in [2.05, 4.69) is 10.3 Å². The van der Waals surface area contributed by atoms with Crippen molar-refractivity contribution in [1.82, 2.24) is 14.9 Å². The van der Waals surface area contributed by atoms with Gasteiger partial charge in [-0.3, -0.25) is 9.59 Å².